The topological polar surface area (TPSA) is 278 Å². The van der Waals surface area contributed by atoms with E-state index >= 15 is 0 Å². The van der Waals surface area contributed by atoms with Crippen LogP contribution in [-0.2, 0) is 46.1 Å². The van der Waals surface area contributed by atoms with Crippen molar-refractivity contribution < 1.29 is 67.4 Å². The zero-order chi connectivity index (χ0) is 45.8. The number of carbonyl (C=O) groups excluding carboxylic acids is 1. The van der Waals surface area contributed by atoms with Gasteiger partial charge in [0.2, 0.25) is 8.03 Å². The summed E-state index contributed by atoms with van der Waals surface area (Å²) < 4.78 is 48.6. The molecule has 21 nitrogen and oxygen atoms in total. The highest BCUT2D eigenvalue weighted by atomic mass is 31.2. The molecule has 3 heterocycles. The van der Waals surface area contributed by atoms with E-state index in [0.29, 0.717) is 71.7 Å². The molecule has 4 aromatic rings. The van der Waals surface area contributed by atoms with Gasteiger partial charge >= 0.3 is 19.5 Å². The molecule has 0 fully saturated rings. The molecular formula is C40H49N7O14P2. The summed E-state index contributed by atoms with van der Waals surface area (Å²) in [7, 11) is -4.45. The van der Waals surface area contributed by atoms with Gasteiger partial charge < -0.3 is 48.6 Å². The predicted molar refractivity (Wildman–Crippen MR) is 226 cm³/mol. The predicted octanol–water partition coefficient (Wildman–Crippen LogP) is 2.35. The van der Waals surface area contributed by atoms with E-state index in [4.69, 9.17) is 29.0 Å². The Balaban J connectivity index is 1.80. The Bertz CT molecular complexity index is 2300. The molecule has 0 amide bonds. The number of aldehydes is 1. The fourth-order valence-corrected chi connectivity index (χ4v) is 7.10. The highest BCUT2D eigenvalue weighted by Gasteiger charge is 2.21. The lowest BCUT2D eigenvalue weighted by Gasteiger charge is -2.18. The van der Waals surface area contributed by atoms with Gasteiger partial charge in [-0.3, -0.25) is 28.5 Å². The first-order valence-corrected chi connectivity index (χ1v) is 22.6. The molecule has 0 radical (unpaired) electrons. The van der Waals surface area contributed by atoms with Crippen LogP contribution in [0.3, 0.4) is 0 Å². The number of carboxylic acids is 2. The van der Waals surface area contributed by atoms with Crippen LogP contribution >= 0.6 is 15.6 Å². The third kappa shape index (κ3) is 17.9. The second kappa shape index (κ2) is 25.4. The molecule has 4 rings (SSSR count). The Morgan fingerprint density at radius 3 is 1.90 bits per heavy atom. The average Bonchev–Trinajstić information content (AvgIpc) is 3.88. The summed E-state index contributed by atoms with van der Waals surface area (Å²) >= 11 is 0. The highest BCUT2D eigenvalue weighted by molar-refractivity contribution is 7.51. The first-order chi connectivity index (χ1) is 30.2. The Labute approximate surface area is 363 Å². The van der Waals surface area contributed by atoms with Gasteiger partial charge in [0.05, 0.1) is 55.1 Å². The molecule has 0 aliphatic heterocycles. The van der Waals surface area contributed by atoms with Gasteiger partial charge in [-0.25, -0.2) is 14.3 Å². The van der Waals surface area contributed by atoms with Crippen molar-refractivity contribution in [3.05, 3.63) is 76.9 Å². The van der Waals surface area contributed by atoms with Crippen molar-refractivity contribution in [2.45, 2.75) is 38.8 Å². The van der Waals surface area contributed by atoms with E-state index in [-0.39, 0.29) is 63.8 Å². The van der Waals surface area contributed by atoms with E-state index < -0.39 is 40.4 Å². The van der Waals surface area contributed by atoms with Gasteiger partial charge in [0, 0.05) is 70.2 Å². The van der Waals surface area contributed by atoms with Crippen LogP contribution < -0.4 is 9.47 Å². The lowest BCUT2D eigenvalue weighted by molar-refractivity contribution is -0.138. The second-order valence-electron chi connectivity index (χ2n) is 13.7. The Morgan fingerprint density at radius 2 is 1.40 bits per heavy atom. The number of hydrogen-bond acceptors (Lipinski definition) is 14. The van der Waals surface area contributed by atoms with Crippen LogP contribution in [0.25, 0.3) is 11.6 Å². The molecule has 338 valence electrons. The molecule has 1 unspecified atom stereocenters. The van der Waals surface area contributed by atoms with E-state index in [0.717, 1.165) is 0 Å². The maximum atomic E-state index is 11.7. The number of carboxylic acid groups (broad SMARTS) is 2. The zero-order valence-corrected chi connectivity index (χ0v) is 36.5. The minimum Gasteiger partial charge on any atom is -0.490 e. The second-order valence-corrected chi connectivity index (χ2v) is 16.4. The van der Waals surface area contributed by atoms with E-state index in [1.54, 1.807) is 55.9 Å². The van der Waals surface area contributed by atoms with Crippen LogP contribution in [0.5, 0.6) is 11.5 Å². The van der Waals surface area contributed by atoms with Gasteiger partial charge in [-0.05, 0) is 37.1 Å². The first kappa shape index (κ1) is 50.0. The number of hydrogen-bond donors (Lipinski definition) is 5. The molecule has 23 heteroatoms. The third-order valence-electron chi connectivity index (χ3n) is 8.44. The van der Waals surface area contributed by atoms with Crippen molar-refractivity contribution in [1.29, 1.82) is 0 Å². The number of benzene rings is 1. The van der Waals surface area contributed by atoms with Crippen molar-refractivity contribution >= 4 is 33.8 Å². The molecule has 63 heavy (non-hydrogen) atoms. The van der Waals surface area contributed by atoms with E-state index in [2.05, 4.69) is 33.9 Å². The fourth-order valence-electron chi connectivity index (χ4n) is 5.75. The third-order valence-corrected chi connectivity index (χ3v) is 9.93. The largest absolute Gasteiger partial charge is 0.490 e. The smallest absolute Gasteiger partial charge is 0.339 e. The summed E-state index contributed by atoms with van der Waals surface area (Å²) in [6, 6.07) is 9.86. The lowest BCUT2D eigenvalue weighted by Crippen LogP contribution is -2.29. The minimum absolute atomic E-state index is 0.0524. The van der Waals surface area contributed by atoms with Crippen molar-refractivity contribution in [1.82, 2.24) is 34.3 Å². The SMILES string of the molecule is COCCOc1cc(C#Cc2cc(-n3ccc(CN(CC(=O)O)C[PH](=O)O)n3)nc(-n3ccc(CN(CC=O)CP(=O)(O)O)n3)c2)c(OCCOC)cc1C#CCCCCC(=O)O. The Morgan fingerprint density at radius 1 is 0.825 bits per heavy atom. The molecule has 0 bridgehead atoms. The summed E-state index contributed by atoms with van der Waals surface area (Å²) in [5.41, 5.74) is 2.10. The van der Waals surface area contributed by atoms with Crippen LogP contribution in [-0.4, -0.2) is 144 Å². The van der Waals surface area contributed by atoms with E-state index in [9.17, 15) is 43.3 Å². The van der Waals surface area contributed by atoms with Crippen LogP contribution in [0.1, 0.15) is 53.8 Å². The quantitative estimate of drug-likeness (QED) is 0.0262. The summed E-state index contributed by atoms with van der Waals surface area (Å²) in [6.45, 7) is 0.0990. The normalized spacial score (nSPS) is 11.7. The van der Waals surface area contributed by atoms with Gasteiger partial charge in [-0.15, -0.1) is 0 Å². The maximum Gasteiger partial charge on any atom is 0.339 e. The monoisotopic (exact) mass is 913 g/mol. The number of methoxy groups -OCH3 is 2. The molecule has 5 N–H and O–H groups in total. The van der Waals surface area contributed by atoms with E-state index in [1.165, 1.54) is 26.3 Å². The molecule has 0 aliphatic carbocycles. The number of unbranched alkanes of at least 4 members (excludes halogenated alkanes) is 2. The van der Waals surface area contributed by atoms with Gasteiger partial charge in [0.1, 0.15) is 37.3 Å². The summed E-state index contributed by atoms with van der Waals surface area (Å²) in [5, 5.41) is 27.4. The van der Waals surface area contributed by atoms with Crippen LogP contribution in [0, 0.1) is 23.7 Å². The minimum atomic E-state index is -4.49. The summed E-state index contributed by atoms with van der Waals surface area (Å²) in [4.78, 5) is 69.4. The number of rotatable bonds is 26. The molecule has 0 aliphatic rings. The molecule has 0 saturated carbocycles. The molecule has 3 aromatic heterocycles. The Hall–Kier alpha value is -5.70. The van der Waals surface area contributed by atoms with Gasteiger partial charge in [-0.2, -0.15) is 10.2 Å². The van der Waals surface area contributed by atoms with Crippen molar-refractivity contribution in [3.63, 3.8) is 0 Å². The molecule has 1 atom stereocenters. The number of nitrogens with zero attached hydrogens (tertiary/aromatic N) is 7. The zero-order valence-electron chi connectivity index (χ0n) is 34.6. The highest BCUT2D eigenvalue weighted by Crippen LogP contribution is 2.35. The number of pyridine rings is 1. The number of carbonyl (C=O) groups is 3. The summed E-state index contributed by atoms with van der Waals surface area (Å²) in [6.07, 6.45) is 4.26. The molecule has 0 saturated heterocycles. The standard InChI is InChI=1S/C40H49N7O14P2/c1-58-17-19-60-35-24-32(36(61-20-18-59-2)23-31(35)7-5-3-4-6-8-39(49)50)10-9-30-21-37(46-13-11-33(42-46)25-44(15-16-48)29-63(55,56)57)41-38(22-30)47-14-12-34(43-47)26-45(27-40(51)52)28-62(53)54/h11-14,16,21-24,62H,3-4,6,8,15,17-20,25-29H2,1-2H3,(H,49,50)(H,51,52)(H,53,54)(H2,55,56,57). The Kier molecular flexibility index (Phi) is 20.2. The van der Waals surface area contributed by atoms with Crippen molar-refractivity contribution in [2.75, 3.05) is 66.3 Å². The van der Waals surface area contributed by atoms with E-state index in [1.807, 2.05) is 0 Å². The first-order valence-electron chi connectivity index (χ1n) is 19.3. The lowest BCUT2D eigenvalue weighted by atomic mass is 10.1. The number of aliphatic carboxylic acids is 2. The van der Waals surface area contributed by atoms with Crippen LogP contribution in [0.15, 0.2) is 48.8 Å². The van der Waals surface area contributed by atoms with Crippen molar-refractivity contribution in [3.8, 4) is 46.8 Å². The number of ether oxygens (including phenoxy) is 4. The van der Waals surface area contributed by atoms with Crippen molar-refractivity contribution in [2.24, 2.45) is 0 Å². The average molecular weight is 914 g/mol. The summed E-state index contributed by atoms with van der Waals surface area (Å²) in [5.74, 6) is 11.7. The molecule has 0 spiro atoms. The maximum absolute atomic E-state index is 11.7. The van der Waals surface area contributed by atoms with Crippen LogP contribution in [0.2, 0.25) is 0 Å². The van der Waals surface area contributed by atoms with Gasteiger partial charge in [-0.1, -0.05) is 23.7 Å². The molecular weight excluding hydrogens is 864 g/mol. The molecule has 1 aromatic carbocycles. The fraction of sp³-hybridized carbons (Fsp3) is 0.400. The van der Waals surface area contributed by atoms with Gasteiger partial charge in [0.15, 0.2) is 11.6 Å². The van der Waals surface area contributed by atoms with Crippen LogP contribution in [0.4, 0.5) is 0 Å². The van der Waals surface area contributed by atoms with Gasteiger partial charge in [0.25, 0.3) is 0 Å². The number of aromatic nitrogens is 5.